The predicted octanol–water partition coefficient (Wildman–Crippen LogP) is 3.61. The number of para-hydroxylation sites is 1. The number of hydrogen-bond acceptors (Lipinski definition) is 5. The first-order chi connectivity index (χ1) is 11.3. The molecule has 2 aromatic heterocycles. The molecule has 0 unspecified atom stereocenters. The third-order valence-electron chi connectivity index (χ3n) is 3.37. The summed E-state index contributed by atoms with van der Waals surface area (Å²) < 4.78 is 0. The number of H-pyrrole nitrogens is 1. The molecule has 0 aliphatic heterocycles. The summed E-state index contributed by atoms with van der Waals surface area (Å²) in [5.74, 6) is 0.328. The molecular weight excluding hydrogens is 312 g/mol. The van der Waals surface area contributed by atoms with Crippen molar-refractivity contribution in [3.05, 3.63) is 59.1 Å². The lowest BCUT2D eigenvalue weighted by atomic mass is 10.2. The van der Waals surface area contributed by atoms with Crippen molar-refractivity contribution in [3.8, 4) is 0 Å². The minimum Gasteiger partial charge on any atom is -0.338 e. The SMILES string of the molecule is Clc1ccc(/C=N\Nc2nnc3c(n2)[nH]c2ccccc23)cc1. The first-order valence-corrected chi connectivity index (χ1v) is 7.33. The Kier molecular flexibility index (Phi) is 3.36. The molecule has 0 saturated carbocycles. The van der Waals surface area contributed by atoms with Crippen LogP contribution in [0.5, 0.6) is 0 Å². The van der Waals surface area contributed by atoms with Crippen LogP contribution in [0.1, 0.15) is 5.56 Å². The van der Waals surface area contributed by atoms with Crippen molar-refractivity contribution in [1.29, 1.82) is 0 Å². The number of aromatic amines is 1. The zero-order chi connectivity index (χ0) is 15.6. The lowest BCUT2D eigenvalue weighted by Gasteiger charge is -1.97. The molecule has 2 heterocycles. The molecule has 0 spiro atoms. The van der Waals surface area contributed by atoms with Crippen molar-refractivity contribution in [2.24, 2.45) is 5.10 Å². The van der Waals surface area contributed by atoms with E-state index in [1.165, 1.54) is 0 Å². The number of anilines is 1. The van der Waals surface area contributed by atoms with Crippen molar-refractivity contribution in [2.45, 2.75) is 0 Å². The first-order valence-electron chi connectivity index (χ1n) is 6.95. The number of fused-ring (bicyclic) bond motifs is 3. The maximum Gasteiger partial charge on any atom is 0.265 e. The van der Waals surface area contributed by atoms with Crippen LogP contribution in [0.2, 0.25) is 5.02 Å². The number of nitrogens with one attached hydrogen (secondary N) is 2. The standard InChI is InChI=1S/C16H11ClN6/c17-11-7-5-10(6-8-11)9-18-22-16-20-15-14(21-23-16)12-3-1-2-4-13(12)19-15/h1-9H,(H2,19,20,22,23)/b18-9-. The zero-order valence-electron chi connectivity index (χ0n) is 11.9. The second-order valence-corrected chi connectivity index (χ2v) is 5.36. The molecular formula is C16H11ClN6. The topological polar surface area (TPSA) is 78.8 Å². The van der Waals surface area contributed by atoms with Crippen LogP contribution in [0.15, 0.2) is 53.6 Å². The summed E-state index contributed by atoms with van der Waals surface area (Å²) in [6.45, 7) is 0. The van der Waals surface area contributed by atoms with Crippen LogP contribution in [0.3, 0.4) is 0 Å². The van der Waals surface area contributed by atoms with E-state index >= 15 is 0 Å². The fraction of sp³-hybridized carbons (Fsp3) is 0. The summed E-state index contributed by atoms with van der Waals surface area (Å²) in [5, 5.41) is 14.0. The van der Waals surface area contributed by atoms with Crippen LogP contribution in [-0.4, -0.2) is 26.4 Å². The molecule has 7 heteroatoms. The van der Waals surface area contributed by atoms with Gasteiger partial charge in [0.25, 0.3) is 5.95 Å². The molecule has 4 rings (SSSR count). The van der Waals surface area contributed by atoms with Crippen LogP contribution in [0, 0.1) is 0 Å². The number of hydrogen-bond donors (Lipinski definition) is 2. The molecule has 0 amide bonds. The summed E-state index contributed by atoms with van der Waals surface area (Å²) in [7, 11) is 0. The maximum atomic E-state index is 5.84. The van der Waals surface area contributed by atoms with Crippen molar-refractivity contribution < 1.29 is 0 Å². The van der Waals surface area contributed by atoms with Gasteiger partial charge in [-0.05, 0) is 23.8 Å². The quantitative estimate of drug-likeness (QED) is 0.446. The number of aromatic nitrogens is 4. The highest BCUT2D eigenvalue weighted by Gasteiger charge is 2.07. The maximum absolute atomic E-state index is 5.84. The Hall–Kier alpha value is -2.99. The number of rotatable bonds is 3. The van der Waals surface area contributed by atoms with E-state index in [2.05, 4.69) is 30.7 Å². The normalized spacial score (nSPS) is 11.5. The predicted molar refractivity (Wildman–Crippen MR) is 91.9 cm³/mol. The van der Waals surface area contributed by atoms with Crippen molar-refractivity contribution >= 4 is 45.8 Å². The zero-order valence-corrected chi connectivity index (χ0v) is 12.6. The lowest BCUT2D eigenvalue weighted by Crippen LogP contribution is -1.98. The van der Waals surface area contributed by atoms with Gasteiger partial charge in [0.15, 0.2) is 5.65 Å². The molecule has 23 heavy (non-hydrogen) atoms. The number of nitrogens with zero attached hydrogens (tertiary/aromatic N) is 4. The van der Waals surface area contributed by atoms with Crippen LogP contribution >= 0.6 is 11.6 Å². The number of hydrazone groups is 1. The molecule has 2 N–H and O–H groups in total. The molecule has 0 bridgehead atoms. The highest BCUT2D eigenvalue weighted by atomic mass is 35.5. The minimum atomic E-state index is 0.328. The molecule has 0 atom stereocenters. The van der Waals surface area contributed by atoms with Gasteiger partial charge in [0, 0.05) is 15.9 Å². The summed E-state index contributed by atoms with van der Waals surface area (Å²) in [5.41, 5.74) is 6.09. The Balaban J connectivity index is 1.59. The molecule has 2 aromatic carbocycles. The third kappa shape index (κ3) is 2.72. The largest absolute Gasteiger partial charge is 0.338 e. The van der Waals surface area contributed by atoms with Crippen LogP contribution in [-0.2, 0) is 0 Å². The Labute approximate surface area is 136 Å². The molecule has 0 aliphatic carbocycles. The molecule has 0 radical (unpaired) electrons. The third-order valence-corrected chi connectivity index (χ3v) is 3.62. The Morgan fingerprint density at radius 1 is 1.04 bits per heavy atom. The van der Waals surface area contributed by atoms with Crippen molar-refractivity contribution in [1.82, 2.24) is 20.2 Å². The fourth-order valence-electron chi connectivity index (χ4n) is 2.28. The second kappa shape index (κ2) is 5.66. The van der Waals surface area contributed by atoms with Gasteiger partial charge in [-0.25, -0.2) is 5.43 Å². The lowest BCUT2D eigenvalue weighted by molar-refractivity contribution is 1.01. The fourth-order valence-corrected chi connectivity index (χ4v) is 2.41. The van der Waals surface area contributed by atoms with Crippen molar-refractivity contribution in [3.63, 3.8) is 0 Å². The van der Waals surface area contributed by atoms with E-state index < -0.39 is 0 Å². The number of halogens is 1. The van der Waals surface area contributed by atoms with Gasteiger partial charge in [0.2, 0.25) is 0 Å². The Morgan fingerprint density at radius 3 is 2.74 bits per heavy atom. The highest BCUT2D eigenvalue weighted by Crippen LogP contribution is 2.21. The van der Waals surface area contributed by atoms with Gasteiger partial charge in [-0.1, -0.05) is 41.9 Å². The second-order valence-electron chi connectivity index (χ2n) is 4.92. The van der Waals surface area contributed by atoms with Gasteiger partial charge in [0.1, 0.15) is 5.52 Å². The molecule has 4 aromatic rings. The van der Waals surface area contributed by atoms with Crippen LogP contribution in [0.4, 0.5) is 5.95 Å². The van der Waals surface area contributed by atoms with Gasteiger partial charge in [-0.2, -0.15) is 10.1 Å². The molecule has 0 saturated heterocycles. The van der Waals surface area contributed by atoms with E-state index in [9.17, 15) is 0 Å². The summed E-state index contributed by atoms with van der Waals surface area (Å²) in [4.78, 5) is 7.60. The van der Waals surface area contributed by atoms with Crippen molar-refractivity contribution in [2.75, 3.05) is 5.43 Å². The van der Waals surface area contributed by atoms with E-state index in [0.29, 0.717) is 16.6 Å². The molecule has 0 fully saturated rings. The summed E-state index contributed by atoms with van der Waals surface area (Å²) in [6.07, 6.45) is 1.66. The van der Waals surface area contributed by atoms with Gasteiger partial charge in [-0.3, -0.25) is 0 Å². The monoisotopic (exact) mass is 322 g/mol. The molecule has 6 nitrogen and oxygen atoms in total. The van der Waals surface area contributed by atoms with Gasteiger partial charge in [0.05, 0.1) is 6.21 Å². The minimum absolute atomic E-state index is 0.328. The smallest absolute Gasteiger partial charge is 0.265 e. The molecule has 112 valence electrons. The number of benzene rings is 2. The van der Waals surface area contributed by atoms with Crippen LogP contribution < -0.4 is 5.43 Å². The van der Waals surface area contributed by atoms with E-state index in [1.54, 1.807) is 18.3 Å². The summed E-state index contributed by atoms with van der Waals surface area (Å²) >= 11 is 5.84. The first kappa shape index (κ1) is 13.7. The van der Waals surface area contributed by atoms with E-state index in [1.807, 2.05) is 36.4 Å². The van der Waals surface area contributed by atoms with Gasteiger partial charge >= 0.3 is 0 Å². The van der Waals surface area contributed by atoms with Gasteiger partial charge < -0.3 is 4.98 Å². The van der Waals surface area contributed by atoms with Crippen LogP contribution in [0.25, 0.3) is 22.1 Å². The van der Waals surface area contributed by atoms with E-state index in [0.717, 1.165) is 22.0 Å². The highest BCUT2D eigenvalue weighted by molar-refractivity contribution is 6.30. The average Bonchev–Trinajstić information content (AvgIpc) is 2.94. The molecule has 0 aliphatic rings. The average molecular weight is 323 g/mol. The summed E-state index contributed by atoms with van der Waals surface area (Å²) in [6, 6.07) is 15.2. The van der Waals surface area contributed by atoms with E-state index in [-0.39, 0.29) is 0 Å². The Morgan fingerprint density at radius 2 is 1.87 bits per heavy atom. The Bertz CT molecular complexity index is 1010. The van der Waals surface area contributed by atoms with Gasteiger partial charge in [-0.15, -0.1) is 10.2 Å². The van der Waals surface area contributed by atoms with E-state index in [4.69, 9.17) is 11.6 Å².